The molecule has 0 spiro atoms. The van der Waals surface area contributed by atoms with Crippen LogP contribution in [-0.2, 0) is 37.4 Å². The highest BCUT2D eigenvalue weighted by Gasteiger charge is 2.33. The summed E-state index contributed by atoms with van der Waals surface area (Å²) in [5.41, 5.74) is 2.10. The van der Waals surface area contributed by atoms with Crippen molar-refractivity contribution < 1.29 is 22.7 Å². The summed E-state index contributed by atoms with van der Waals surface area (Å²) in [6.07, 6.45) is 1.77. The summed E-state index contributed by atoms with van der Waals surface area (Å²) < 4.78 is 32.2. The van der Waals surface area contributed by atoms with Crippen LogP contribution in [-0.4, -0.2) is 61.5 Å². The molecule has 8 nitrogen and oxygen atoms in total. The van der Waals surface area contributed by atoms with Crippen molar-refractivity contribution in [2.75, 3.05) is 26.0 Å². The van der Waals surface area contributed by atoms with Crippen LogP contribution in [0.2, 0.25) is 5.02 Å². The largest absolute Gasteiger partial charge is 0.379 e. The zero-order valence-corrected chi connectivity index (χ0v) is 25.3. The molecule has 0 aliphatic carbocycles. The van der Waals surface area contributed by atoms with Crippen LogP contribution in [0.5, 0.6) is 0 Å². The Kier molecular flexibility index (Phi) is 12.3. The van der Waals surface area contributed by atoms with E-state index in [-0.39, 0.29) is 25.1 Å². The zero-order valence-electron chi connectivity index (χ0n) is 23.7. The Hall–Kier alpha value is -3.24. The quantitative estimate of drug-likeness (QED) is 0.253. The molecule has 0 bridgehead atoms. The van der Waals surface area contributed by atoms with Crippen LogP contribution in [0.3, 0.4) is 0 Å². The fourth-order valence-corrected chi connectivity index (χ4v) is 5.09. The number of benzene rings is 3. The average molecular weight is 600 g/mol. The van der Waals surface area contributed by atoms with Crippen LogP contribution in [0.15, 0.2) is 84.9 Å². The highest BCUT2D eigenvalue weighted by molar-refractivity contribution is 7.88. The number of sulfonamides is 1. The number of hydrogen-bond acceptors (Lipinski definition) is 5. The minimum absolute atomic E-state index is 0.0260. The molecule has 0 fully saturated rings. The summed E-state index contributed by atoms with van der Waals surface area (Å²) in [5.74, 6) is -0.870. The van der Waals surface area contributed by atoms with Crippen molar-refractivity contribution in [3.8, 4) is 0 Å². The van der Waals surface area contributed by atoms with Crippen molar-refractivity contribution in [1.29, 1.82) is 0 Å². The molecule has 0 aliphatic heterocycles. The fraction of sp³-hybridized carbons (Fsp3) is 0.355. The van der Waals surface area contributed by atoms with Crippen molar-refractivity contribution in [3.63, 3.8) is 0 Å². The lowest BCUT2D eigenvalue weighted by Gasteiger charge is -2.33. The van der Waals surface area contributed by atoms with E-state index in [0.717, 1.165) is 21.7 Å². The normalized spacial score (nSPS) is 12.3. The Morgan fingerprint density at radius 2 is 1.46 bits per heavy atom. The van der Waals surface area contributed by atoms with Crippen LogP contribution in [0.25, 0.3) is 0 Å². The lowest BCUT2D eigenvalue weighted by Crippen LogP contribution is -2.48. The molecular formula is C31H38ClN3O5S. The second-order valence-electron chi connectivity index (χ2n) is 10.0. The smallest absolute Gasteiger partial charge is 0.247 e. The molecular weight excluding hydrogens is 562 g/mol. The molecule has 3 rings (SSSR count). The van der Waals surface area contributed by atoms with E-state index in [2.05, 4.69) is 5.32 Å². The number of carbonyl (C=O) groups is 2. The summed E-state index contributed by atoms with van der Waals surface area (Å²) in [6, 6.07) is 24.1. The Morgan fingerprint density at radius 3 is 2.05 bits per heavy atom. The second-order valence-corrected chi connectivity index (χ2v) is 12.5. The van der Waals surface area contributed by atoms with Gasteiger partial charge in [-0.25, -0.2) is 8.42 Å². The molecule has 41 heavy (non-hydrogen) atoms. The Morgan fingerprint density at radius 1 is 0.878 bits per heavy atom. The summed E-state index contributed by atoms with van der Waals surface area (Å²) >= 11 is 6.09. The molecule has 2 amide bonds. The van der Waals surface area contributed by atoms with Crippen LogP contribution in [0.1, 0.15) is 43.0 Å². The summed E-state index contributed by atoms with van der Waals surface area (Å²) in [4.78, 5) is 29.2. The third kappa shape index (κ3) is 10.6. The zero-order chi connectivity index (χ0) is 29.8. The number of rotatable bonds is 15. The highest BCUT2D eigenvalue weighted by Crippen LogP contribution is 2.25. The third-order valence-corrected chi connectivity index (χ3v) is 7.76. The van der Waals surface area contributed by atoms with E-state index in [4.69, 9.17) is 16.3 Å². The summed E-state index contributed by atoms with van der Waals surface area (Å²) in [6.45, 7) is 4.41. The third-order valence-electron chi connectivity index (χ3n) is 6.32. The van der Waals surface area contributed by atoms with E-state index in [1.807, 2.05) is 38.1 Å². The molecule has 1 atom stereocenters. The number of hydrogen-bond donors (Lipinski definition) is 1. The molecule has 1 unspecified atom stereocenters. The van der Waals surface area contributed by atoms with Gasteiger partial charge < -0.3 is 15.0 Å². The van der Waals surface area contributed by atoms with Gasteiger partial charge in [0.2, 0.25) is 21.8 Å². The average Bonchev–Trinajstić information content (AvgIpc) is 2.93. The van der Waals surface area contributed by atoms with Gasteiger partial charge in [-0.05, 0) is 49.1 Å². The SMILES string of the molecule is CC(C)OCCCNC(=O)C(c1ccccc1)N(Cc1ccc(Cl)cc1)C(=O)CN(Cc1ccccc1)S(C)(=O)=O. The second kappa shape index (κ2) is 15.7. The maximum Gasteiger partial charge on any atom is 0.247 e. The standard InChI is InChI=1S/C31H38ClN3O5S/c1-24(2)40-20-10-19-33-31(37)30(27-13-8-5-9-14-27)35(22-26-15-17-28(32)18-16-26)29(36)23-34(41(3,38)39)21-25-11-6-4-7-12-25/h4-9,11-18,24,30H,10,19-23H2,1-3H3,(H,33,37). The van der Waals surface area contributed by atoms with Gasteiger partial charge in [0.05, 0.1) is 18.9 Å². The topological polar surface area (TPSA) is 96.0 Å². The fourth-order valence-electron chi connectivity index (χ4n) is 4.24. The predicted octanol–water partition coefficient (Wildman–Crippen LogP) is 4.80. The highest BCUT2D eigenvalue weighted by atomic mass is 35.5. The monoisotopic (exact) mass is 599 g/mol. The number of amides is 2. The first kappa shape index (κ1) is 32.3. The van der Waals surface area contributed by atoms with Crippen molar-refractivity contribution in [3.05, 3.63) is 107 Å². The van der Waals surface area contributed by atoms with Gasteiger partial charge in [-0.15, -0.1) is 0 Å². The van der Waals surface area contributed by atoms with Crippen molar-refractivity contribution in [2.24, 2.45) is 0 Å². The van der Waals surface area contributed by atoms with Crippen molar-refractivity contribution in [1.82, 2.24) is 14.5 Å². The van der Waals surface area contributed by atoms with E-state index in [0.29, 0.717) is 30.2 Å². The number of nitrogens with one attached hydrogen (secondary N) is 1. The summed E-state index contributed by atoms with van der Waals surface area (Å²) in [7, 11) is -3.75. The maximum absolute atomic E-state index is 14.0. The molecule has 3 aromatic rings. The first-order valence-electron chi connectivity index (χ1n) is 13.5. The lowest BCUT2D eigenvalue weighted by molar-refractivity contribution is -0.141. The predicted molar refractivity (Wildman–Crippen MR) is 162 cm³/mol. The van der Waals surface area contributed by atoms with Crippen LogP contribution >= 0.6 is 11.6 Å². The number of carbonyl (C=O) groups excluding carboxylic acids is 2. The van der Waals surface area contributed by atoms with E-state index in [1.54, 1.807) is 60.7 Å². The maximum atomic E-state index is 14.0. The van der Waals surface area contributed by atoms with Crippen LogP contribution in [0, 0.1) is 0 Å². The number of nitrogens with zero attached hydrogens (tertiary/aromatic N) is 2. The van der Waals surface area contributed by atoms with Crippen molar-refractivity contribution >= 4 is 33.4 Å². The molecule has 0 saturated heterocycles. The Labute approximate surface area is 248 Å². The van der Waals surface area contributed by atoms with Crippen LogP contribution in [0.4, 0.5) is 0 Å². The molecule has 3 aromatic carbocycles. The van der Waals surface area contributed by atoms with Gasteiger partial charge in [0, 0.05) is 31.3 Å². The molecule has 0 aromatic heterocycles. The molecule has 220 valence electrons. The van der Waals surface area contributed by atoms with E-state index in [1.165, 1.54) is 4.90 Å². The van der Waals surface area contributed by atoms with Crippen molar-refractivity contribution in [2.45, 2.75) is 45.5 Å². The minimum Gasteiger partial charge on any atom is -0.379 e. The van der Waals surface area contributed by atoms with E-state index in [9.17, 15) is 18.0 Å². The molecule has 10 heteroatoms. The first-order chi connectivity index (χ1) is 19.5. The molecule has 0 radical (unpaired) electrons. The van der Waals surface area contributed by atoms with Gasteiger partial charge in [-0.1, -0.05) is 84.4 Å². The molecule has 1 N–H and O–H groups in total. The first-order valence-corrected chi connectivity index (χ1v) is 15.7. The molecule has 0 saturated carbocycles. The molecule has 0 heterocycles. The van der Waals surface area contributed by atoms with Gasteiger partial charge in [0.1, 0.15) is 6.04 Å². The minimum atomic E-state index is -3.75. The number of ether oxygens (including phenoxy) is 1. The van der Waals surface area contributed by atoms with Gasteiger partial charge in [0.15, 0.2) is 0 Å². The van der Waals surface area contributed by atoms with Gasteiger partial charge in [-0.3, -0.25) is 9.59 Å². The number of halogens is 1. The van der Waals surface area contributed by atoms with E-state index >= 15 is 0 Å². The lowest BCUT2D eigenvalue weighted by atomic mass is 10.0. The van der Waals surface area contributed by atoms with E-state index < -0.39 is 28.5 Å². The van der Waals surface area contributed by atoms with Gasteiger partial charge in [0.25, 0.3) is 0 Å². The Bertz CT molecular complexity index is 1350. The summed E-state index contributed by atoms with van der Waals surface area (Å²) in [5, 5.41) is 3.48. The van der Waals surface area contributed by atoms with Gasteiger partial charge >= 0.3 is 0 Å². The molecule has 0 aliphatic rings. The van der Waals surface area contributed by atoms with Crippen LogP contribution < -0.4 is 5.32 Å². The van der Waals surface area contributed by atoms with Gasteiger partial charge in [-0.2, -0.15) is 4.31 Å². The Balaban J connectivity index is 1.94.